The second-order valence-corrected chi connectivity index (χ2v) is 6.76. The Morgan fingerprint density at radius 3 is 2.64 bits per heavy atom. The maximum Gasteiger partial charge on any atom is 0.416 e. The Hall–Kier alpha value is -2.90. The highest BCUT2D eigenvalue weighted by molar-refractivity contribution is 5.92. The number of halogens is 3. The van der Waals surface area contributed by atoms with Gasteiger partial charge in [0.2, 0.25) is 5.91 Å². The molecule has 1 aromatic heterocycles. The first-order chi connectivity index (χ1) is 13.2. The van der Waals surface area contributed by atoms with Gasteiger partial charge in [-0.1, -0.05) is 18.2 Å². The second kappa shape index (κ2) is 8.00. The summed E-state index contributed by atoms with van der Waals surface area (Å²) in [7, 11) is 0. The van der Waals surface area contributed by atoms with Crippen LogP contribution in [-0.2, 0) is 11.0 Å². The van der Waals surface area contributed by atoms with E-state index in [2.05, 4.69) is 10.3 Å². The smallest absolute Gasteiger partial charge is 0.342 e. The molecular weight excluding hydrogens is 371 g/mol. The molecule has 2 aromatic rings. The van der Waals surface area contributed by atoms with Crippen molar-refractivity contribution >= 4 is 11.8 Å². The number of aromatic nitrogens is 1. The molecule has 0 aliphatic carbocycles. The molecule has 0 bridgehead atoms. The quantitative estimate of drug-likeness (QED) is 0.849. The fraction of sp³-hybridized carbons (Fsp3) is 0.350. The van der Waals surface area contributed by atoms with Crippen molar-refractivity contribution in [2.24, 2.45) is 0 Å². The lowest BCUT2D eigenvalue weighted by Gasteiger charge is -2.25. The number of nitrogens with one attached hydrogen (secondary N) is 1. The Morgan fingerprint density at radius 1 is 1.25 bits per heavy atom. The highest BCUT2D eigenvalue weighted by Gasteiger charge is 2.32. The Labute approximate surface area is 160 Å². The largest absolute Gasteiger partial charge is 0.416 e. The van der Waals surface area contributed by atoms with Gasteiger partial charge in [0.05, 0.1) is 11.6 Å². The van der Waals surface area contributed by atoms with Gasteiger partial charge in [0.25, 0.3) is 5.91 Å². The van der Waals surface area contributed by atoms with Crippen molar-refractivity contribution in [3.05, 3.63) is 65.0 Å². The van der Waals surface area contributed by atoms with Gasteiger partial charge in [-0.15, -0.1) is 0 Å². The number of likely N-dealkylation sites (tertiary alicyclic amines) is 1. The van der Waals surface area contributed by atoms with Crippen LogP contribution in [0.25, 0.3) is 0 Å². The van der Waals surface area contributed by atoms with Crippen LogP contribution in [0.1, 0.15) is 46.2 Å². The number of hydrogen-bond acceptors (Lipinski definition) is 3. The molecule has 0 spiro atoms. The van der Waals surface area contributed by atoms with Crippen LogP contribution in [0.15, 0.2) is 42.5 Å². The molecule has 0 radical (unpaired) electrons. The summed E-state index contributed by atoms with van der Waals surface area (Å²) >= 11 is 0. The van der Waals surface area contributed by atoms with Crippen molar-refractivity contribution in [2.45, 2.75) is 32.0 Å². The molecule has 148 valence electrons. The molecule has 5 nitrogen and oxygen atoms in total. The van der Waals surface area contributed by atoms with Crippen molar-refractivity contribution < 1.29 is 22.8 Å². The molecule has 1 fully saturated rings. The summed E-state index contributed by atoms with van der Waals surface area (Å²) < 4.78 is 39.3. The SMILES string of the molecule is Cc1cccc(C(=O)NC(CN2CCCC2=O)c2cccc(C(F)(F)F)c2)n1. The summed E-state index contributed by atoms with van der Waals surface area (Å²) in [5.74, 6) is -0.572. The number of hydrogen-bond donors (Lipinski definition) is 1. The van der Waals surface area contributed by atoms with Crippen LogP contribution in [0.2, 0.25) is 0 Å². The molecule has 1 aromatic carbocycles. The number of carbonyl (C=O) groups excluding carboxylic acids is 2. The standard InChI is InChI=1S/C20H20F3N3O2/c1-13-5-2-8-16(24-13)19(28)25-17(12-26-10-4-9-18(26)27)14-6-3-7-15(11-14)20(21,22)23/h2-3,5-8,11,17H,4,9-10,12H2,1H3,(H,25,28). The highest BCUT2D eigenvalue weighted by atomic mass is 19.4. The van der Waals surface area contributed by atoms with Crippen molar-refractivity contribution in [2.75, 3.05) is 13.1 Å². The van der Waals surface area contributed by atoms with Gasteiger partial charge in [-0.2, -0.15) is 13.2 Å². The number of amides is 2. The van der Waals surface area contributed by atoms with Crippen LogP contribution in [0.5, 0.6) is 0 Å². The number of rotatable bonds is 5. The zero-order valence-electron chi connectivity index (χ0n) is 15.3. The molecule has 28 heavy (non-hydrogen) atoms. The number of nitrogens with zero attached hydrogens (tertiary/aromatic N) is 2. The Kier molecular flexibility index (Phi) is 5.67. The average Bonchev–Trinajstić information content (AvgIpc) is 3.05. The van der Waals surface area contributed by atoms with Crippen molar-refractivity contribution in [1.29, 1.82) is 0 Å². The van der Waals surface area contributed by atoms with Gasteiger partial charge in [0.15, 0.2) is 0 Å². The third-order valence-corrected chi connectivity index (χ3v) is 4.62. The van der Waals surface area contributed by atoms with Gasteiger partial charge in [0, 0.05) is 25.2 Å². The summed E-state index contributed by atoms with van der Waals surface area (Å²) in [6, 6.07) is 8.98. The van der Waals surface area contributed by atoms with Crippen LogP contribution in [-0.4, -0.2) is 34.8 Å². The van der Waals surface area contributed by atoms with Gasteiger partial charge in [-0.25, -0.2) is 4.98 Å². The van der Waals surface area contributed by atoms with E-state index in [1.165, 1.54) is 18.2 Å². The maximum atomic E-state index is 13.1. The fourth-order valence-corrected chi connectivity index (χ4v) is 3.19. The predicted octanol–water partition coefficient (Wildman–Crippen LogP) is 3.50. The minimum atomic E-state index is -4.49. The van der Waals surface area contributed by atoms with Crippen molar-refractivity contribution in [1.82, 2.24) is 15.2 Å². The number of aryl methyl sites for hydroxylation is 1. The Morgan fingerprint density at radius 2 is 2.00 bits per heavy atom. The van der Waals surface area contributed by atoms with Crippen molar-refractivity contribution in [3.8, 4) is 0 Å². The van der Waals surface area contributed by atoms with Gasteiger partial charge >= 0.3 is 6.18 Å². The molecule has 3 rings (SSSR count). The van der Waals surface area contributed by atoms with E-state index in [1.54, 1.807) is 24.0 Å². The van der Waals surface area contributed by atoms with Gasteiger partial charge < -0.3 is 10.2 Å². The molecule has 1 saturated heterocycles. The summed E-state index contributed by atoms with van der Waals surface area (Å²) in [5.41, 5.74) is 0.309. The van der Waals surface area contributed by atoms with E-state index in [-0.39, 0.29) is 23.7 Å². The monoisotopic (exact) mass is 391 g/mol. The first-order valence-corrected chi connectivity index (χ1v) is 8.93. The first kappa shape index (κ1) is 19.9. The third-order valence-electron chi connectivity index (χ3n) is 4.62. The van der Waals surface area contributed by atoms with Gasteiger partial charge in [-0.05, 0) is 43.2 Å². The number of benzene rings is 1. The lowest BCUT2D eigenvalue weighted by Crippen LogP contribution is -2.39. The predicted molar refractivity (Wildman–Crippen MR) is 96.4 cm³/mol. The molecule has 1 atom stereocenters. The van der Waals surface area contributed by atoms with Crippen LogP contribution < -0.4 is 5.32 Å². The maximum absolute atomic E-state index is 13.1. The summed E-state index contributed by atoms with van der Waals surface area (Å²) in [4.78, 5) is 30.3. The molecule has 2 heterocycles. The van der Waals surface area contributed by atoms with Crippen LogP contribution >= 0.6 is 0 Å². The molecule has 1 N–H and O–H groups in total. The van der Waals surface area contributed by atoms with E-state index in [0.717, 1.165) is 12.1 Å². The van der Waals surface area contributed by atoms with E-state index in [9.17, 15) is 22.8 Å². The normalized spacial score (nSPS) is 15.6. The van der Waals surface area contributed by atoms with E-state index in [1.807, 2.05) is 0 Å². The minimum absolute atomic E-state index is 0.0695. The average molecular weight is 391 g/mol. The van der Waals surface area contributed by atoms with Crippen molar-refractivity contribution in [3.63, 3.8) is 0 Å². The number of carbonyl (C=O) groups is 2. The van der Waals surface area contributed by atoms with E-state index in [4.69, 9.17) is 0 Å². The third kappa shape index (κ3) is 4.68. The van der Waals surface area contributed by atoms with E-state index >= 15 is 0 Å². The molecule has 8 heteroatoms. The van der Waals surface area contributed by atoms with Gasteiger partial charge in [-0.3, -0.25) is 9.59 Å². The zero-order valence-corrected chi connectivity index (χ0v) is 15.3. The zero-order chi connectivity index (χ0) is 20.3. The van der Waals surface area contributed by atoms with E-state index in [0.29, 0.717) is 25.1 Å². The number of alkyl halides is 3. The lowest BCUT2D eigenvalue weighted by atomic mass is 10.0. The Balaban J connectivity index is 1.89. The topological polar surface area (TPSA) is 62.3 Å². The minimum Gasteiger partial charge on any atom is -0.342 e. The molecule has 2 amide bonds. The first-order valence-electron chi connectivity index (χ1n) is 8.93. The fourth-order valence-electron chi connectivity index (χ4n) is 3.19. The van der Waals surface area contributed by atoms with E-state index < -0.39 is 23.7 Å². The molecule has 0 saturated carbocycles. The summed E-state index contributed by atoms with van der Waals surface area (Å²) in [5, 5.41) is 2.74. The molecule has 1 aliphatic heterocycles. The summed E-state index contributed by atoms with van der Waals surface area (Å²) in [6.07, 6.45) is -3.39. The van der Waals surface area contributed by atoms with Crippen LogP contribution in [0.3, 0.4) is 0 Å². The Bertz CT molecular complexity index is 883. The molecule has 1 aliphatic rings. The summed E-state index contributed by atoms with van der Waals surface area (Å²) in [6.45, 7) is 2.37. The lowest BCUT2D eigenvalue weighted by molar-refractivity contribution is -0.137. The second-order valence-electron chi connectivity index (χ2n) is 6.76. The van der Waals surface area contributed by atoms with Crippen LogP contribution in [0, 0.1) is 6.92 Å². The molecule has 1 unspecified atom stereocenters. The molecular formula is C20H20F3N3O2. The number of pyridine rings is 1. The van der Waals surface area contributed by atoms with Gasteiger partial charge in [0.1, 0.15) is 5.69 Å². The van der Waals surface area contributed by atoms with Crippen LogP contribution in [0.4, 0.5) is 13.2 Å². The highest BCUT2D eigenvalue weighted by Crippen LogP contribution is 2.31.